The second kappa shape index (κ2) is 4.49. The summed E-state index contributed by atoms with van der Waals surface area (Å²) >= 11 is 0. The largest absolute Gasteiger partial charge is 0.449 e. The van der Waals surface area contributed by atoms with Gasteiger partial charge in [0.25, 0.3) is 5.56 Å². The fourth-order valence-electron chi connectivity index (χ4n) is 1.54. The number of hydrogen-bond acceptors (Lipinski definition) is 2. The zero-order chi connectivity index (χ0) is 14.2. The number of aromatic nitrogens is 2. The van der Waals surface area contributed by atoms with Gasteiger partial charge in [0, 0.05) is 11.6 Å². The van der Waals surface area contributed by atoms with Crippen LogP contribution >= 0.6 is 0 Å². The van der Waals surface area contributed by atoms with E-state index in [1.807, 2.05) is 0 Å². The molecule has 7 heteroatoms. The highest BCUT2D eigenvalue weighted by Gasteiger charge is 2.34. The maximum atomic E-state index is 13.1. The number of benzene rings is 1. The van der Waals surface area contributed by atoms with Crippen molar-refractivity contribution in [3.63, 3.8) is 0 Å². The van der Waals surface area contributed by atoms with Gasteiger partial charge in [0.05, 0.1) is 5.69 Å². The minimum atomic E-state index is -4.75. The van der Waals surface area contributed by atoms with Crippen molar-refractivity contribution in [2.45, 2.75) is 13.1 Å². The SMILES string of the molecule is Cc1cc(-c2cc(=O)[nH]c(C(F)(F)F)n2)ccc1F. The standard InChI is InChI=1S/C12H8F4N2O/c1-6-4-7(2-3-8(6)13)9-5-10(19)18-11(17-9)12(14,15)16/h2-5H,1H3,(H,17,18,19). The van der Waals surface area contributed by atoms with Crippen LogP contribution in [0, 0.1) is 12.7 Å². The third-order valence-corrected chi connectivity index (χ3v) is 2.46. The summed E-state index contributed by atoms with van der Waals surface area (Å²) in [5, 5.41) is 0. The molecule has 0 unspecified atom stereocenters. The zero-order valence-electron chi connectivity index (χ0n) is 9.68. The van der Waals surface area contributed by atoms with Gasteiger partial charge in [-0.2, -0.15) is 13.2 Å². The highest BCUT2D eigenvalue weighted by molar-refractivity contribution is 5.59. The molecule has 1 heterocycles. The van der Waals surface area contributed by atoms with Crippen LogP contribution in [0.15, 0.2) is 29.1 Å². The first kappa shape index (κ1) is 13.3. The molecule has 0 spiro atoms. The van der Waals surface area contributed by atoms with Crippen molar-refractivity contribution in [2.24, 2.45) is 0 Å². The fourth-order valence-corrected chi connectivity index (χ4v) is 1.54. The second-order valence-corrected chi connectivity index (χ2v) is 3.94. The van der Waals surface area contributed by atoms with Gasteiger partial charge in [-0.1, -0.05) is 0 Å². The number of aromatic amines is 1. The van der Waals surface area contributed by atoms with Crippen LogP contribution in [0.3, 0.4) is 0 Å². The lowest BCUT2D eigenvalue weighted by molar-refractivity contribution is -0.145. The van der Waals surface area contributed by atoms with E-state index < -0.39 is 23.4 Å². The van der Waals surface area contributed by atoms with Crippen molar-refractivity contribution in [3.8, 4) is 11.3 Å². The Bertz CT molecular complexity index is 676. The third-order valence-electron chi connectivity index (χ3n) is 2.46. The van der Waals surface area contributed by atoms with Gasteiger partial charge in [0.1, 0.15) is 5.82 Å². The zero-order valence-corrected chi connectivity index (χ0v) is 9.68. The maximum Gasteiger partial charge on any atom is 0.449 e. The van der Waals surface area contributed by atoms with Gasteiger partial charge in [0.15, 0.2) is 0 Å². The second-order valence-electron chi connectivity index (χ2n) is 3.94. The van der Waals surface area contributed by atoms with Crippen molar-refractivity contribution in [2.75, 3.05) is 0 Å². The van der Waals surface area contributed by atoms with Gasteiger partial charge in [-0.3, -0.25) is 4.79 Å². The molecule has 3 nitrogen and oxygen atoms in total. The molecule has 0 atom stereocenters. The number of aryl methyl sites for hydroxylation is 1. The average molecular weight is 272 g/mol. The quantitative estimate of drug-likeness (QED) is 0.811. The summed E-state index contributed by atoms with van der Waals surface area (Å²) in [4.78, 5) is 16.2. The molecule has 19 heavy (non-hydrogen) atoms. The number of nitrogens with one attached hydrogen (secondary N) is 1. The van der Waals surface area contributed by atoms with E-state index in [1.54, 1.807) is 4.98 Å². The lowest BCUT2D eigenvalue weighted by Crippen LogP contribution is -2.18. The minimum Gasteiger partial charge on any atom is -0.303 e. The summed E-state index contributed by atoms with van der Waals surface area (Å²) < 4.78 is 50.6. The van der Waals surface area contributed by atoms with Gasteiger partial charge in [-0.15, -0.1) is 0 Å². The Morgan fingerprint density at radius 2 is 1.89 bits per heavy atom. The molecule has 100 valence electrons. The lowest BCUT2D eigenvalue weighted by Gasteiger charge is -2.08. The van der Waals surface area contributed by atoms with Crippen molar-refractivity contribution in [3.05, 3.63) is 51.8 Å². The number of halogens is 4. The first-order chi connectivity index (χ1) is 8.77. The van der Waals surface area contributed by atoms with Gasteiger partial charge in [-0.25, -0.2) is 9.37 Å². The van der Waals surface area contributed by atoms with Crippen LogP contribution in [0.2, 0.25) is 0 Å². The highest BCUT2D eigenvalue weighted by Crippen LogP contribution is 2.27. The molecule has 2 rings (SSSR count). The lowest BCUT2D eigenvalue weighted by atomic mass is 10.1. The molecular formula is C12H8F4N2O. The van der Waals surface area contributed by atoms with E-state index in [4.69, 9.17) is 0 Å². The van der Waals surface area contributed by atoms with E-state index >= 15 is 0 Å². The summed E-state index contributed by atoms with van der Waals surface area (Å²) in [7, 11) is 0. The number of alkyl halides is 3. The average Bonchev–Trinajstić information content (AvgIpc) is 2.31. The van der Waals surface area contributed by atoms with Crippen molar-refractivity contribution in [1.82, 2.24) is 9.97 Å². The molecule has 1 aromatic carbocycles. The van der Waals surface area contributed by atoms with Gasteiger partial charge < -0.3 is 4.98 Å². The third kappa shape index (κ3) is 2.81. The van der Waals surface area contributed by atoms with E-state index in [-0.39, 0.29) is 16.8 Å². The molecule has 1 aromatic heterocycles. The van der Waals surface area contributed by atoms with Crippen LogP contribution in [0.5, 0.6) is 0 Å². The Labute approximate surface area is 104 Å². The first-order valence-electron chi connectivity index (χ1n) is 5.22. The summed E-state index contributed by atoms with van der Waals surface area (Å²) in [6.45, 7) is 1.47. The normalized spacial score (nSPS) is 11.6. The molecular weight excluding hydrogens is 264 g/mol. The number of nitrogens with zero attached hydrogens (tertiary/aromatic N) is 1. The van der Waals surface area contributed by atoms with E-state index in [2.05, 4.69) is 4.98 Å². The van der Waals surface area contributed by atoms with E-state index in [1.165, 1.54) is 19.1 Å². The summed E-state index contributed by atoms with van der Waals surface area (Å²) in [6, 6.07) is 4.64. The molecule has 0 radical (unpaired) electrons. The molecule has 1 N–H and O–H groups in total. The van der Waals surface area contributed by atoms with Crippen LogP contribution in [-0.4, -0.2) is 9.97 Å². The van der Waals surface area contributed by atoms with Crippen LogP contribution in [-0.2, 0) is 6.18 Å². The highest BCUT2D eigenvalue weighted by atomic mass is 19.4. The summed E-state index contributed by atoms with van der Waals surface area (Å²) in [5.41, 5.74) is -0.567. The smallest absolute Gasteiger partial charge is 0.303 e. The Morgan fingerprint density at radius 3 is 2.47 bits per heavy atom. The fraction of sp³-hybridized carbons (Fsp3) is 0.167. The predicted octanol–water partition coefficient (Wildman–Crippen LogP) is 2.90. The molecule has 0 saturated carbocycles. The van der Waals surface area contributed by atoms with Gasteiger partial charge in [-0.05, 0) is 30.7 Å². The Kier molecular flexibility index (Phi) is 3.13. The molecule has 2 aromatic rings. The van der Waals surface area contributed by atoms with E-state index in [0.717, 1.165) is 12.1 Å². The van der Waals surface area contributed by atoms with Crippen LogP contribution < -0.4 is 5.56 Å². The van der Waals surface area contributed by atoms with Gasteiger partial charge in [0.2, 0.25) is 5.82 Å². The monoisotopic (exact) mass is 272 g/mol. The molecule has 0 saturated heterocycles. The molecule has 0 aliphatic carbocycles. The molecule has 0 fully saturated rings. The van der Waals surface area contributed by atoms with E-state index in [0.29, 0.717) is 0 Å². The van der Waals surface area contributed by atoms with Crippen molar-refractivity contribution < 1.29 is 17.6 Å². The van der Waals surface area contributed by atoms with Crippen LogP contribution in [0.1, 0.15) is 11.4 Å². The van der Waals surface area contributed by atoms with Crippen molar-refractivity contribution in [1.29, 1.82) is 0 Å². The number of H-pyrrole nitrogens is 1. The summed E-state index contributed by atoms with van der Waals surface area (Å²) in [5.74, 6) is -1.86. The molecule has 0 aliphatic rings. The van der Waals surface area contributed by atoms with Crippen LogP contribution in [0.4, 0.5) is 17.6 Å². The van der Waals surface area contributed by atoms with E-state index in [9.17, 15) is 22.4 Å². The Morgan fingerprint density at radius 1 is 1.21 bits per heavy atom. The Hall–Kier alpha value is -2.18. The van der Waals surface area contributed by atoms with Crippen LogP contribution in [0.25, 0.3) is 11.3 Å². The topological polar surface area (TPSA) is 45.8 Å². The number of hydrogen-bond donors (Lipinski definition) is 1. The van der Waals surface area contributed by atoms with Gasteiger partial charge >= 0.3 is 6.18 Å². The maximum absolute atomic E-state index is 13.1. The molecule has 0 bridgehead atoms. The Balaban J connectivity index is 2.59. The van der Waals surface area contributed by atoms with Crippen molar-refractivity contribution >= 4 is 0 Å². The minimum absolute atomic E-state index is 0.154. The number of rotatable bonds is 1. The first-order valence-corrected chi connectivity index (χ1v) is 5.22. The summed E-state index contributed by atoms with van der Waals surface area (Å²) in [6.07, 6.45) is -4.75. The molecule has 0 amide bonds. The molecule has 0 aliphatic heterocycles. The predicted molar refractivity (Wildman–Crippen MR) is 60.0 cm³/mol.